The Kier molecular flexibility index (Phi) is 6.81. The van der Waals surface area contributed by atoms with E-state index in [-0.39, 0.29) is 5.82 Å². The van der Waals surface area contributed by atoms with Gasteiger partial charge in [0, 0.05) is 4.90 Å². The standard InChI is InChI=1S/C7H8FNS.C2H6/c1-9-10-7-4-2-3-6(8)5-7;1-2/h2-5,9H,1H3;1-2H3. The molecule has 0 saturated heterocycles. The maximum Gasteiger partial charge on any atom is 0.124 e. The zero-order valence-electron chi connectivity index (χ0n) is 7.60. The van der Waals surface area contributed by atoms with Crippen molar-refractivity contribution in [2.45, 2.75) is 18.7 Å². The van der Waals surface area contributed by atoms with Crippen LogP contribution in [-0.4, -0.2) is 7.05 Å². The monoisotopic (exact) mass is 187 g/mol. The van der Waals surface area contributed by atoms with Gasteiger partial charge in [-0.05, 0) is 37.2 Å². The Labute approximate surface area is 77.5 Å². The summed E-state index contributed by atoms with van der Waals surface area (Å²) in [6.07, 6.45) is 0. The summed E-state index contributed by atoms with van der Waals surface area (Å²) in [6.45, 7) is 4.00. The van der Waals surface area contributed by atoms with E-state index < -0.39 is 0 Å². The van der Waals surface area contributed by atoms with Crippen LogP contribution >= 0.6 is 11.9 Å². The second kappa shape index (κ2) is 7.13. The molecule has 0 aliphatic heterocycles. The van der Waals surface area contributed by atoms with E-state index in [0.29, 0.717) is 0 Å². The number of rotatable bonds is 2. The fourth-order valence-electron chi connectivity index (χ4n) is 0.648. The van der Waals surface area contributed by atoms with Crippen LogP contribution in [0.3, 0.4) is 0 Å². The highest BCUT2D eigenvalue weighted by molar-refractivity contribution is 7.97. The van der Waals surface area contributed by atoms with E-state index in [1.165, 1.54) is 24.1 Å². The smallest absolute Gasteiger partial charge is 0.124 e. The van der Waals surface area contributed by atoms with Crippen molar-refractivity contribution in [2.24, 2.45) is 0 Å². The number of halogens is 1. The van der Waals surface area contributed by atoms with Crippen molar-refractivity contribution < 1.29 is 4.39 Å². The topological polar surface area (TPSA) is 12.0 Å². The molecule has 1 rings (SSSR count). The molecule has 0 spiro atoms. The summed E-state index contributed by atoms with van der Waals surface area (Å²) in [5.41, 5.74) is 0. The molecular weight excluding hydrogens is 173 g/mol. The lowest BCUT2D eigenvalue weighted by atomic mass is 10.4. The van der Waals surface area contributed by atoms with Gasteiger partial charge in [0.15, 0.2) is 0 Å². The van der Waals surface area contributed by atoms with Crippen molar-refractivity contribution >= 4 is 11.9 Å². The molecule has 3 heteroatoms. The van der Waals surface area contributed by atoms with Crippen LogP contribution in [0.25, 0.3) is 0 Å². The van der Waals surface area contributed by atoms with Crippen molar-refractivity contribution in [3.05, 3.63) is 30.1 Å². The summed E-state index contributed by atoms with van der Waals surface area (Å²) < 4.78 is 15.3. The quantitative estimate of drug-likeness (QED) is 0.714. The Hall–Kier alpha value is -0.540. The molecule has 0 aromatic heterocycles. The number of hydrogen-bond acceptors (Lipinski definition) is 2. The van der Waals surface area contributed by atoms with Gasteiger partial charge < -0.3 is 0 Å². The van der Waals surface area contributed by atoms with Crippen LogP contribution in [0.4, 0.5) is 4.39 Å². The van der Waals surface area contributed by atoms with Gasteiger partial charge in [0.1, 0.15) is 5.82 Å². The maximum atomic E-state index is 12.4. The SMILES string of the molecule is CC.CNSc1cccc(F)c1. The lowest BCUT2D eigenvalue weighted by Gasteiger charge is -1.96. The molecule has 1 N–H and O–H groups in total. The molecule has 0 aliphatic rings. The zero-order valence-corrected chi connectivity index (χ0v) is 8.41. The molecule has 0 bridgehead atoms. The lowest BCUT2D eigenvalue weighted by molar-refractivity contribution is 0.624. The molecule has 0 saturated carbocycles. The van der Waals surface area contributed by atoms with Crippen molar-refractivity contribution in [3.63, 3.8) is 0 Å². The van der Waals surface area contributed by atoms with Gasteiger partial charge in [0.05, 0.1) is 0 Å². The Bertz CT molecular complexity index is 215. The van der Waals surface area contributed by atoms with E-state index in [0.717, 1.165) is 4.90 Å². The van der Waals surface area contributed by atoms with Gasteiger partial charge in [-0.25, -0.2) is 4.39 Å². The minimum absolute atomic E-state index is 0.194. The summed E-state index contributed by atoms with van der Waals surface area (Å²) in [5, 5.41) is 0. The van der Waals surface area contributed by atoms with Crippen molar-refractivity contribution in [1.29, 1.82) is 0 Å². The average Bonchev–Trinajstić information content (AvgIpc) is 2.09. The van der Waals surface area contributed by atoms with Gasteiger partial charge in [-0.2, -0.15) is 0 Å². The van der Waals surface area contributed by atoms with E-state index in [2.05, 4.69) is 4.72 Å². The molecule has 68 valence electrons. The van der Waals surface area contributed by atoms with Crippen molar-refractivity contribution in [1.82, 2.24) is 4.72 Å². The molecule has 1 aromatic carbocycles. The maximum absolute atomic E-state index is 12.4. The first-order valence-corrected chi connectivity index (χ1v) is 4.74. The molecule has 12 heavy (non-hydrogen) atoms. The van der Waals surface area contributed by atoms with Crippen LogP contribution < -0.4 is 4.72 Å². The highest BCUT2D eigenvalue weighted by atomic mass is 32.2. The summed E-state index contributed by atoms with van der Waals surface area (Å²) in [7, 11) is 1.80. The molecule has 0 fully saturated rings. The Morgan fingerprint density at radius 1 is 1.33 bits per heavy atom. The normalized spacial score (nSPS) is 8.67. The third kappa shape index (κ3) is 4.36. The van der Waals surface area contributed by atoms with Crippen LogP contribution in [0.5, 0.6) is 0 Å². The van der Waals surface area contributed by atoms with Crippen LogP contribution in [-0.2, 0) is 0 Å². The predicted molar refractivity (Wildman–Crippen MR) is 52.7 cm³/mol. The van der Waals surface area contributed by atoms with E-state index in [9.17, 15) is 4.39 Å². The molecule has 0 aliphatic carbocycles. The summed E-state index contributed by atoms with van der Waals surface area (Å²) >= 11 is 1.40. The first-order chi connectivity index (χ1) is 5.83. The van der Waals surface area contributed by atoms with E-state index in [1.54, 1.807) is 13.1 Å². The van der Waals surface area contributed by atoms with Gasteiger partial charge >= 0.3 is 0 Å². The van der Waals surface area contributed by atoms with Crippen LogP contribution in [0, 0.1) is 5.82 Å². The zero-order chi connectivity index (χ0) is 9.40. The molecule has 1 aromatic rings. The lowest BCUT2D eigenvalue weighted by Crippen LogP contribution is -1.90. The van der Waals surface area contributed by atoms with E-state index >= 15 is 0 Å². The van der Waals surface area contributed by atoms with Crippen LogP contribution in [0.1, 0.15) is 13.8 Å². The highest BCUT2D eigenvalue weighted by Crippen LogP contribution is 2.13. The first-order valence-electron chi connectivity index (χ1n) is 3.92. The average molecular weight is 187 g/mol. The second-order valence-corrected chi connectivity index (χ2v) is 2.85. The third-order valence-electron chi connectivity index (χ3n) is 1.02. The van der Waals surface area contributed by atoms with Gasteiger partial charge in [-0.15, -0.1) is 0 Å². The second-order valence-electron chi connectivity index (χ2n) is 1.76. The Balaban J connectivity index is 0.000000561. The first kappa shape index (κ1) is 11.5. The predicted octanol–water partition coefficient (Wildman–Crippen LogP) is 3.08. The highest BCUT2D eigenvalue weighted by Gasteiger charge is 1.92. The van der Waals surface area contributed by atoms with Crippen molar-refractivity contribution in [2.75, 3.05) is 7.05 Å². The van der Waals surface area contributed by atoms with E-state index in [4.69, 9.17) is 0 Å². The molecule has 0 unspecified atom stereocenters. The number of hydrogen-bond donors (Lipinski definition) is 1. The molecule has 0 atom stereocenters. The molecule has 1 nitrogen and oxygen atoms in total. The largest absolute Gasteiger partial charge is 0.263 e. The molecular formula is C9H14FNS. The summed E-state index contributed by atoms with van der Waals surface area (Å²) in [4.78, 5) is 0.891. The minimum Gasteiger partial charge on any atom is -0.263 e. The van der Waals surface area contributed by atoms with E-state index in [1.807, 2.05) is 19.9 Å². The van der Waals surface area contributed by atoms with Gasteiger partial charge in [0.2, 0.25) is 0 Å². The fraction of sp³-hybridized carbons (Fsp3) is 0.333. The summed E-state index contributed by atoms with van der Waals surface area (Å²) in [5.74, 6) is -0.194. The number of nitrogens with one attached hydrogen (secondary N) is 1. The number of benzene rings is 1. The van der Waals surface area contributed by atoms with Crippen LogP contribution in [0.15, 0.2) is 29.2 Å². The fourth-order valence-corrected chi connectivity index (χ4v) is 1.20. The third-order valence-corrected chi connectivity index (χ3v) is 1.71. The minimum atomic E-state index is -0.194. The Morgan fingerprint density at radius 2 is 2.00 bits per heavy atom. The van der Waals surface area contributed by atoms with Crippen molar-refractivity contribution in [3.8, 4) is 0 Å². The van der Waals surface area contributed by atoms with Gasteiger partial charge in [0.25, 0.3) is 0 Å². The van der Waals surface area contributed by atoms with Crippen LogP contribution in [0.2, 0.25) is 0 Å². The molecule has 0 heterocycles. The Morgan fingerprint density at radius 3 is 2.50 bits per heavy atom. The van der Waals surface area contributed by atoms with Gasteiger partial charge in [-0.1, -0.05) is 19.9 Å². The molecule has 0 radical (unpaired) electrons. The summed E-state index contributed by atoms with van der Waals surface area (Å²) in [6, 6.07) is 6.46. The van der Waals surface area contributed by atoms with Gasteiger partial charge in [-0.3, -0.25) is 4.72 Å². The molecule has 0 amide bonds.